The maximum absolute atomic E-state index is 11.1. The van der Waals surface area contributed by atoms with Crippen LogP contribution in [0.1, 0.15) is 26.7 Å². The Hall–Kier alpha value is 1.29. The average Bonchev–Trinajstić information content (AvgIpc) is 2.08. The molecule has 0 aliphatic heterocycles. The molecule has 0 amide bonds. The number of carbonyl (C=O) groups excluding carboxylic acids is 2. The number of hydrogen-bond donors (Lipinski definition) is 0. The van der Waals surface area contributed by atoms with Gasteiger partial charge in [-0.3, -0.25) is 0 Å². The van der Waals surface area contributed by atoms with Gasteiger partial charge in [0.1, 0.15) is 0 Å². The molecule has 0 saturated heterocycles. The van der Waals surface area contributed by atoms with E-state index in [1.165, 1.54) is 10.8 Å². The molecule has 0 saturated carbocycles. The molecule has 1 radical (unpaired) electrons. The quantitative estimate of drug-likeness (QED) is 0.363. The second-order valence-corrected chi connectivity index (χ2v) is 4.45. The first kappa shape index (κ1) is 23.8. The minimum atomic E-state index is -1.03. The molecular weight excluding hydrogens is 452 g/mol. The van der Waals surface area contributed by atoms with E-state index in [2.05, 4.69) is 29.5 Å². The molecule has 0 aliphatic rings. The van der Waals surface area contributed by atoms with Crippen molar-refractivity contribution in [3.05, 3.63) is 0 Å². The fourth-order valence-corrected chi connectivity index (χ4v) is 0.518. The summed E-state index contributed by atoms with van der Waals surface area (Å²) >= 11 is 1.32. The Morgan fingerprint density at radius 3 is 1.62 bits per heavy atom. The number of alkyl halides is 2. The second-order valence-electron chi connectivity index (χ2n) is 1.59. The van der Waals surface area contributed by atoms with Crippen molar-refractivity contribution >= 4 is 50.5 Å². The monoisotopic (exact) mass is 467 g/mol. The first-order chi connectivity index (χ1) is 5.74. The van der Waals surface area contributed by atoms with E-state index in [9.17, 15) is 2.86 Å². The van der Waals surface area contributed by atoms with Gasteiger partial charge < -0.3 is 0 Å². The molecule has 0 aromatic rings. The molecular formula is C7H15CuFI2O2. The fourth-order valence-electron chi connectivity index (χ4n) is 0.0772. The van der Waals surface area contributed by atoms with Crippen molar-refractivity contribution in [3.63, 3.8) is 0 Å². The van der Waals surface area contributed by atoms with Crippen LogP contribution in [0.15, 0.2) is 0 Å². The standard InChI is InChI=1S/C3H8FI.C3H7I.CO2.Cu/c1-2-3-5-4;1-2-3-4;2-1-3;/h5H,2-3H2,1H3;2-3H2,1H3;;. The Morgan fingerprint density at radius 1 is 1.31 bits per heavy atom. The smallest absolute Gasteiger partial charge is 0.186 e. The Balaban J connectivity index is -0.0000000465. The summed E-state index contributed by atoms with van der Waals surface area (Å²) in [7, 11) is 0. The predicted molar refractivity (Wildman–Crippen MR) is 65.9 cm³/mol. The summed E-state index contributed by atoms with van der Waals surface area (Å²) in [5, 5.41) is 0. The van der Waals surface area contributed by atoms with E-state index in [0.29, 0.717) is 0 Å². The van der Waals surface area contributed by atoms with Gasteiger partial charge in [0.2, 0.25) is 0 Å². The molecule has 0 aliphatic carbocycles. The van der Waals surface area contributed by atoms with E-state index in [-0.39, 0.29) is 23.2 Å². The van der Waals surface area contributed by atoms with Gasteiger partial charge in [-0.1, -0.05) is 29.5 Å². The SMILES string of the molecule is CCCI.CCC[IH]F.O=C=O.[Cu]. The third-order valence-corrected chi connectivity index (χ3v) is 3.15. The summed E-state index contributed by atoms with van der Waals surface area (Å²) in [5.74, 6) is 0. The van der Waals surface area contributed by atoms with E-state index in [4.69, 9.17) is 9.59 Å². The Labute approximate surface area is 114 Å². The Morgan fingerprint density at radius 2 is 1.62 bits per heavy atom. The van der Waals surface area contributed by atoms with Crippen LogP contribution in [0.4, 0.5) is 2.86 Å². The number of rotatable bonds is 3. The molecule has 0 fully saturated rings. The first-order valence-corrected chi connectivity index (χ1v) is 7.59. The molecule has 0 atom stereocenters. The van der Waals surface area contributed by atoms with E-state index in [1.54, 1.807) is 0 Å². The van der Waals surface area contributed by atoms with Gasteiger partial charge >= 0.3 is 48.6 Å². The van der Waals surface area contributed by atoms with Crippen molar-refractivity contribution in [3.8, 4) is 0 Å². The van der Waals surface area contributed by atoms with Crippen LogP contribution in [0.25, 0.3) is 0 Å². The van der Waals surface area contributed by atoms with Crippen LogP contribution in [-0.4, -0.2) is 15.0 Å². The van der Waals surface area contributed by atoms with Gasteiger partial charge in [0.25, 0.3) is 0 Å². The van der Waals surface area contributed by atoms with Crippen molar-refractivity contribution in [1.29, 1.82) is 0 Å². The van der Waals surface area contributed by atoms with Gasteiger partial charge in [-0.2, -0.15) is 9.59 Å². The van der Waals surface area contributed by atoms with Crippen LogP contribution in [0, 0.1) is 0 Å². The van der Waals surface area contributed by atoms with Crippen molar-refractivity contribution in [2.45, 2.75) is 26.7 Å². The minimum absolute atomic E-state index is 0. The fraction of sp³-hybridized carbons (Fsp3) is 0.857. The minimum Gasteiger partial charge on any atom is -0.186 e. The Bertz CT molecular complexity index is 86.6. The third kappa shape index (κ3) is 92.1. The topological polar surface area (TPSA) is 34.1 Å². The van der Waals surface area contributed by atoms with E-state index in [0.717, 1.165) is 10.8 Å². The molecule has 2 nitrogen and oxygen atoms in total. The van der Waals surface area contributed by atoms with E-state index in [1.807, 2.05) is 6.92 Å². The van der Waals surface area contributed by atoms with Crippen LogP contribution in [0.3, 0.4) is 0 Å². The van der Waals surface area contributed by atoms with Gasteiger partial charge in [0.15, 0.2) is 0 Å². The van der Waals surface area contributed by atoms with Crippen molar-refractivity contribution in [2.75, 3.05) is 8.86 Å². The zero-order valence-corrected chi connectivity index (χ0v) is 13.0. The molecule has 0 spiro atoms. The zero-order valence-electron chi connectivity index (χ0n) is 7.61. The summed E-state index contributed by atoms with van der Waals surface area (Å²) in [4.78, 5) is 16.2. The number of hydrogen-bond acceptors (Lipinski definition) is 2. The number of halogens is 3. The predicted octanol–water partition coefficient (Wildman–Crippen LogP) is 3.23. The van der Waals surface area contributed by atoms with Crippen molar-refractivity contribution in [1.82, 2.24) is 0 Å². The summed E-state index contributed by atoms with van der Waals surface area (Å²) < 4.78 is 13.3. The average molecular weight is 468 g/mol. The van der Waals surface area contributed by atoms with Gasteiger partial charge in [-0.25, -0.2) is 0 Å². The molecule has 0 N–H and O–H groups in total. The van der Waals surface area contributed by atoms with Gasteiger partial charge in [-0.15, -0.1) is 0 Å². The molecule has 0 heterocycles. The van der Waals surface area contributed by atoms with Crippen LogP contribution in [0.2, 0.25) is 0 Å². The maximum atomic E-state index is 11.1. The van der Waals surface area contributed by atoms with Crippen LogP contribution >= 0.6 is 44.4 Å². The van der Waals surface area contributed by atoms with Crippen molar-refractivity contribution in [2.24, 2.45) is 0 Å². The van der Waals surface area contributed by atoms with Gasteiger partial charge in [0.05, 0.1) is 0 Å². The summed E-state index contributed by atoms with van der Waals surface area (Å²) in [6.45, 7) is 4.18. The zero-order chi connectivity index (χ0) is 10.2. The molecule has 0 aromatic heterocycles. The molecule has 87 valence electrons. The molecule has 6 heteroatoms. The first-order valence-electron chi connectivity index (χ1n) is 3.53. The molecule has 13 heavy (non-hydrogen) atoms. The van der Waals surface area contributed by atoms with Crippen LogP contribution in [0.5, 0.6) is 0 Å². The third-order valence-electron chi connectivity index (χ3n) is 0.470. The largest absolute Gasteiger partial charge is 0.373 e. The summed E-state index contributed by atoms with van der Waals surface area (Å²) in [6, 6.07) is 0. The molecule has 0 rings (SSSR count). The second kappa shape index (κ2) is 37.8. The normalized spacial score (nSPS) is 6.46. The van der Waals surface area contributed by atoms with Crippen LogP contribution in [-0.2, 0) is 26.7 Å². The Kier molecular flexibility index (Phi) is 69.3. The van der Waals surface area contributed by atoms with Crippen molar-refractivity contribution < 1.29 is 29.5 Å². The van der Waals surface area contributed by atoms with E-state index >= 15 is 0 Å². The summed E-state index contributed by atoms with van der Waals surface area (Å²) in [6.07, 6.45) is 2.58. The van der Waals surface area contributed by atoms with E-state index < -0.39 is 21.8 Å². The molecule has 0 unspecified atom stereocenters. The molecule has 0 aromatic carbocycles. The van der Waals surface area contributed by atoms with Gasteiger partial charge in [0, 0.05) is 17.1 Å². The molecule has 0 bridgehead atoms. The summed E-state index contributed by atoms with van der Waals surface area (Å²) in [5.41, 5.74) is 0. The van der Waals surface area contributed by atoms with Crippen LogP contribution < -0.4 is 0 Å². The van der Waals surface area contributed by atoms with Gasteiger partial charge in [-0.05, 0) is 10.8 Å². The maximum Gasteiger partial charge on any atom is 0.373 e.